The number of hydrogen-bond acceptors (Lipinski definition) is 4. The summed E-state index contributed by atoms with van der Waals surface area (Å²) in [7, 11) is 0. The number of nitrogens with one attached hydrogen (secondary N) is 1. The largest absolute Gasteiger partial charge is 0.416 e. The molecule has 0 radical (unpaired) electrons. The van der Waals surface area contributed by atoms with Crippen molar-refractivity contribution in [3.05, 3.63) is 83.2 Å². The first-order valence-corrected chi connectivity index (χ1v) is 9.03. The first-order chi connectivity index (χ1) is 13.5. The first kappa shape index (κ1) is 18.3. The van der Waals surface area contributed by atoms with E-state index in [9.17, 15) is 13.2 Å². The highest BCUT2D eigenvalue weighted by Gasteiger charge is 2.30. The van der Waals surface area contributed by atoms with Crippen LogP contribution >= 0.6 is 0 Å². The normalized spacial score (nSPS) is 13.9. The van der Waals surface area contributed by atoms with Gasteiger partial charge >= 0.3 is 6.18 Å². The molecule has 144 valence electrons. The first-order valence-electron chi connectivity index (χ1n) is 9.03. The number of benzene rings is 2. The summed E-state index contributed by atoms with van der Waals surface area (Å²) in [5.41, 5.74) is 2.53. The van der Waals surface area contributed by atoms with Crippen LogP contribution in [0.25, 0.3) is 0 Å². The van der Waals surface area contributed by atoms with Gasteiger partial charge in [0, 0.05) is 25.7 Å². The fraction of sp³-hybridized carbons (Fsp3) is 0.238. The molecule has 2 heterocycles. The second-order valence-electron chi connectivity index (χ2n) is 6.75. The van der Waals surface area contributed by atoms with Crippen LogP contribution in [0.1, 0.15) is 22.3 Å². The van der Waals surface area contributed by atoms with Gasteiger partial charge < -0.3 is 10.2 Å². The summed E-state index contributed by atoms with van der Waals surface area (Å²) < 4.78 is 38.5. The van der Waals surface area contributed by atoms with Crippen LogP contribution < -0.4 is 10.2 Å². The third-order valence-corrected chi connectivity index (χ3v) is 4.84. The minimum Gasteiger partial charge on any atom is -0.366 e. The molecule has 0 unspecified atom stereocenters. The summed E-state index contributed by atoms with van der Waals surface area (Å²) in [6.07, 6.45) is -1.92. The van der Waals surface area contributed by atoms with Crippen LogP contribution in [0.3, 0.4) is 0 Å². The zero-order chi connectivity index (χ0) is 19.6. The molecule has 1 aliphatic rings. The Kier molecular flexibility index (Phi) is 4.90. The average molecular weight is 384 g/mol. The lowest BCUT2D eigenvalue weighted by Crippen LogP contribution is -2.31. The number of aromatic nitrogens is 2. The molecule has 0 spiro atoms. The monoisotopic (exact) mass is 384 g/mol. The molecular formula is C21H19F3N4. The Hall–Kier alpha value is -3.09. The van der Waals surface area contributed by atoms with Crippen molar-refractivity contribution < 1.29 is 13.2 Å². The molecule has 0 saturated carbocycles. The molecule has 0 saturated heterocycles. The van der Waals surface area contributed by atoms with Crippen LogP contribution in [0.2, 0.25) is 0 Å². The van der Waals surface area contributed by atoms with E-state index < -0.39 is 11.7 Å². The van der Waals surface area contributed by atoms with Crippen LogP contribution in [0.15, 0.2) is 60.9 Å². The predicted octanol–water partition coefficient (Wildman–Crippen LogP) is 4.67. The molecule has 1 N–H and O–H groups in total. The average Bonchev–Trinajstić information content (AvgIpc) is 2.72. The summed E-state index contributed by atoms with van der Waals surface area (Å²) in [4.78, 5) is 10.7. The summed E-state index contributed by atoms with van der Waals surface area (Å²) in [5, 5.41) is 3.09. The maximum atomic E-state index is 12.8. The summed E-state index contributed by atoms with van der Waals surface area (Å²) in [6, 6.07) is 15.5. The Balaban J connectivity index is 1.45. The van der Waals surface area contributed by atoms with Gasteiger partial charge in [-0.1, -0.05) is 36.4 Å². The van der Waals surface area contributed by atoms with Gasteiger partial charge in [-0.25, -0.2) is 9.97 Å². The van der Waals surface area contributed by atoms with Crippen LogP contribution in [0.5, 0.6) is 0 Å². The molecule has 0 atom stereocenters. The molecule has 0 bridgehead atoms. The number of halogens is 3. The molecule has 2 aromatic carbocycles. The maximum Gasteiger partial charge on any atom is 0.416 e. The molecule has 4 nitrogen and oxygen atoms in total. The van der Waals surface area contributed by atoms with E-state index in [1.165, 1.54) is 23.5 Å². The highest BCUT2D eigenvalue weighted by Crippen LogP contribution is 2.30. The Bertz CT molecular complexity index is 972. The minimum absolute atomic E-state index is 0.253. The van der Waals surface area contributed by atoms with Crippen molar-refractivity contribution in [1.29, 1.82) is 0 Å². The van der Waals surface area contributed by atoms with Gasteiger partial charge in [-0.05, 0) is 35.2 Å². The Morgan fingerprint density at radius 2 is 1.79 bits per heavy atom. The number of alkyl halides is 3. The molecule has 0 fully saturated rings. The molecule has 1 aliphatic heterocycles. The number of fused-ring (bicyclic) bond motifs is 1. The quantitative estimate of drug-likeness (QED) is 0.710. The predicted molar refractivity (Wildman–Crippen MR) is 102 cm³/mol. The van der Waals surface area contributed by atoms with E-state index >= 15 is 0 Å². The lowest BCUT2D eigenvalue weighted by atomic mass is 10.00. The fourth-order valence-corrected chi connectivity index (χ4v) is 3.36. The number of hydrogen-bond donors (Lipinski definition) is 1. The third-order valence-electron chi connectivity index (χ3n) is 4.84. The second kappa shape index (κ2) is 7.50. The van der Waals surface area contributed by atoms with Gasteiger partial charge in [-0.3, -0.25) is 0 Å². The van der Waals surface area contributed by atoms with E-state index in [2.05, 4.69) is 38.4 Å². The fourth-order valence-electron chi connectivity index (χ4n) is 3.36. The van der Waals surface area contributed by atoms with Crippen molar-refractivity contribution in [2.24, 2.45) is 0 Å². The maximum absolute atomic E-state index is 12.8. The SMILES string of the molecule is FC(F)(F)c1cccc(CNc2cc(N3CCc4ccccc4C3)ncn2)c1. The van der Waals surface area contributed by atoms with Crippen molar-refractivity contribution in [1.82, 2.24) is 9.97 Å². The number of anilines is 2. The topological polar surface area (TPSA) is 41.0 Å². The zero-order valence-corrected chi connectivity index (χ0v) is 15.1. The van der Waals surface area contributed by atoms with Gasteiger partial charge in [0.15, 0.2) is 0 Å². The van der Waals surface area contributed by atoms with Gasteiger partial charge in [-0.2, -0.15) is 13.2 Å². The van der Waals surface area contributed by atoms with Crippen molar-refractivity contribution in [2.45, 2.75) is 25.7 Å². The lowest BCUT2D eigenvalue weighted by molar-refractivity contribution is -0.137. The van der Waals surface area contributed by atoms with Crippen molar-refractivity contribution >= 4 is 11.6 Å². The van der Waals surface area contributed by atoms with Gasteiger partial charge in [0.1, 0.15) is 18.0 Å². The zero-order valence-electron chi connectivity index (χ0n) is 15.1. The number of nitrogens with zero attached hydrogens (tertiary/aromatic N) is 3. The highest BCUT2D eigenvalue weighted by molar-refractivity contribution is 5.51. The van der Waals surface area contributed by atoms with E-state index in [0.29, 0.717) is 11.4 Å². The van der Waals surface area contributed by atoms with Gasteiger partial charge in [0.25, 0.3) is 0 Å². The van der Waals surface area contributed by atoms with E-state index in [0.717, 1.165) is 37.5 Å². The summed E-state index contributed by atoms with van der Waals surface area (Å²) in [6.45, 7) is 1.89. The van der Waals surface area contributed by atoms with Crippen molar-refractivity contribution in [3.63, 3.8) is 0 Å². The molecule has 3 aromatic rings. The van der Waals surface area contributed by atoms with Crippen LogP contribution in [0, 0.1) is 0 Å². The third kappa shape index (κ3) is 4.08. The van der Waals surface area contributed by atoms with Crippen LogP contribution in [0.4, 0.5) is 24.8 Å². The minimum atomic E-state index is -4.34. The second-order valence-corrected chi connectivity index (χ2v) is 6.75. The van der Waals surface area contributed by atoms with Crippen molar-refractivity contribution in [2.75, 3.05) is 16.8 Å². The van der Waals surface area contributed by atoms with Crippen LogP contribution in [-0.2, 0) is 25.7 Å². The molecule has 0 amide bonds. The van der Waals surface area contributed by atoms with E-state index in [4.69, 9.17) is 0 Å². The molecule has 1 aromatic heterocycles. The Morgan fingerprint density at radius 3 is 2.61 bits per heavy atom. The van der Waals surface area contributed by atoms with Gasteiger partial charge in [-0.15, -0.1) is 0 Å². The molecule has 7 heteroatoms. The standard InChI is InChI=1S/C21H19F3N4/c22-21(23,24)18-7-3-4-15(10-18)12-25-19-11-20(27-14-26-19)28-9-8-16-5-1-2-6-17(16)13-28/h1-7,10-11,14H,8-9,12-13H2,(H,25,26,27). The molecule has 4 rings (SSSR count). The molecular weight excluding hydrogens is 365 g/mol. The summed E-state index contributed by atoms with van der Waals surface area (Å²) >= 11 is 0. The van der Waals surface area contributed by atoms with Gasteiger partial charge in [0.2, 0.25) is 0 Å². The molecule has 28 heavy (non-hydrogen) atoms. The van der Waals surface area contributed by atoms with E-state index in [-0.39, 0.29) is 6.54 Å². The lowest BCUT2D eigenvalue weighted by Gasteiger charge is -2.29. The smallest absolute Gasteiger partial charge is 0.366 e. The van der Waals surface area contributed by atoms with Gasteiger partial charge in [0.05, 0.1) is 5.56 Å². The van der Waals surface area contributed by atoms with Crippen molar-refractivity contribution in [3.8, 4) is 0 Å². The van der Waals surface area contributed by atoms with E-state index in [1.54, 1.807) is 6.07 Å². The summed E-state index contributed by atoms with van der Waals surface area (Å²) in [5.74, 6) is 1.39. The van der Waals surface area contributed by atoms with Crippen LogP contribution in [-0.4, -0.2) is 16.5 Å². The molecule has 0 aliphatic carbocycles. The van der Waals surface area contributed by atoms with E-state index in [1.807, 2.05) is 12.1 Å². The highest BCUT2D eigenvalue weighted by atomic mass is 19.4. The number of rotatable bonds is 4. The Morgan fingerprint density at radius 1 is 0.964 bits per heavy atom. The Labute approximate surface area is 161 Å².